The van der Waals surface area contributed by atoms with Crippen molar-refractivity contribution in [2.24, 2.45) is 0 Å². The van der Waals surface area contributed by atoms with Crippen LogP contribution in [0.3, 0.4) is 0 Å². The number of nitrogens with zero attached hydrogens (tertiary/aromatic N) is 1. The molecular weight excluding hydrogens is 407 g/mol. The zero-order valence-electron chi connectivity index (χ0n) is 12.0. The van der Waals surface area contributed by atoms with E-state index in [2.05, 4.69) is 16.0 Å². The maximum Gasteiger partial charge on any atom is 0.334 e. The summed E-state index contributed by atoms with van der Waals surface area (Å²) in [5, 5.41) is 8.68. The van der Waals surface area contributed by atoms with Crippen LogP contribution in [0.15, 0.2) is 0 Å². The molecule has 0 radical (unpaired) electrons. The van der Waals surface area contributed by atoms with Gasteiger partial charge < -0.3 is 20.8 Å². The Bertz CT molecular complexity index is 432. The minimum atomic E-state index is -0.565. The molecule has 22 heavy (non-hydrogen) atoms. The highest BCUT2D eigenvalue weighted by atomic mass is 127. The third-order valence-electron chi connectivity index (χ3n) is 2.71. The fourth-order valence-electron chi connectivity index (χ4n) is 1.65. The predicted octanol–water partition coefficient (Wildman–Crippen LogP) is -0.692. The zero-order chi connectivity index (χ0) is 16.4. The molecule has 1 fully saturated rings. The number of alkyl halides is 1. The number of amides is 4. The van der Waals surface area contributed by atoms with E-state index in [9.17, 15) is 19.2 Å². The number of rotatable bonds is 8. The van der Waals surface area contributed by atoms with Crippen molar-refractivity contribution in [1.82, 2.24) is 21.0 Å². The Morgan fingerprint density at radius 2 is 1.82 bits per heavy atom. The number of carbonyl (C=O) groups excluding carboxylic acids is 4. The fraction of sp³-hybridized carbons (Fsp3) is 0.667. The van der Waals surface area contributed by atoms with Crippen LogP contribution in [0.2, 0.25) is 0 Å². The molecule has 10 heteroatoms. The Labute approximate surface area is 141 Å². The molecule has 1 rings (SSSR count). The second-order valence-electron chi connectivity index (χ2n) is 4.48. The van der Waals surface area contributed by atoms with Gasteiger partial charge >= 0.3 is 12.0 Å². The van der Waals surface area contributed by atoms with Crippen molar-refractivity contribution in [3.8, 4) is 0 Å². The van der Waals surface area contributed by atoms with Crippen LogP contribution in [0, 0.1) is 0 Å². The van der Waals surface area contributed by atoms with Crippen molar-refractivity contribution in [2.75, 3.05) is 30.6 Å². The molecule has 4 amide bonds. The summed E-state index contributed by atoms with van der Waals surface area (Å²) in [7, 11) is 0. The standard InChI is InChI=1S/C12H19IN4O5/c13-8-9(18)14-5-6-16-12(21)15-4-3-11(20)22-17-7-1-2-10(17)19/h1-8H2,(H,14,18)(H2,15,16,21). The molecule has 1 saturated heterocycles. The van der Waals surface area contributed by atoms with Gasteiger partial charge in [-0.25, -0.2) is 9.59 Å². The molecule has 0 saturated carbocycles. The predicted molar refractivity (Wildman–Crippen MR) is 85.0 cm³/mol. The van der Waals surface area contributed by atoms with Gasteiger partial charge in [-0.2, -0.15) is 5.06 Å². The second-order valence-corrected chi connectivity index (χ2v) is 5.24. The summed E-state index contributed by atoms with van der Waals surface area (Å²) in [6.07, 6.45) is 1.05. The SMILES string of the molecule is O=C(CI)NCCNC(=O)NCCC(=O)ON1CCCC1=O. The largest absolute Gasteiger partial charge is 0.354 e. The van der Waals surface area contributed by atoms with E-state index in [1.807, 2.05) is 22.6 Å². The van der Waals surface area contributed by atoms with Crippen molar-refractivity contribution < 1.29 is 24.0 Å². The summed E-state index contributed by atoms with van der Waals surface area (Å²) in [6.45, 7) is 1.16. The van der Waals surface area contributed by atoms with Crippen molar-refractivity contribution in [1.29, 1.82) is 0 Å². The van der Waals surface area contributed by atoms with Crippen LogP contribution in [0.25, 0.3) is 0 Å². The number of hydrogen-bond acceptors (Lipinski definition) is 5. The smallest absolute Gasteiger partial charge is 0.334 e. The lowest BCUT2D eigenvalue weighted by atomic mass is 10.4. The van der Waals surface area contributed by atoms with Crippen LogP contribution in [0.5, 0.6) is 0 Å². The van der Waals surface area contributed by atoms with Crippen LogP contribution in [-0.2, 0) is 19.2 Å². The first-order chi connectivity index (χ1) is 10.5. The quantitative estimate of drug-likeness (QED) is 0.270. The lowest BCUT2D eigenvalue weighted by Crippen LogP contribution is -2.41. The number of urea groups is 1. The van der Waals surface area contributed by atoms with Gasteiger partial charge in [0, 0.05) is 26.1 Å². The molecule has 1 aliphatic rings. The Hall–Kier alpha value is -1.59. The van der Waals surface area contributed by atoms with E-state index in [1.54, 1.807) is 0 Å². The van der Waals surface area contributed by atoms with E-state index in [1.165, 1.54) is 0 Å². The van der Waals surface area contributed by atoms with Crippen LogP contribution in [-0.4, -0.2) is 59.5 Å². The molecule has 0 aromatic carbocycles. The van der Waals surface area contributed by atoms with Gasteiger partial charge in [0.2, 0.25) is 5.91 Å². The van der Waals surface area contributed by atoms with Gasteiger partial charge in [0.05, 0.1) is 17.4 Å². The third-order valence-corrected chi connectivity index (χ3v) is 3.40. The Kier molecular flexibility index (Phi) is 8.55. The van der Waals surface area contributed by atoms with Gasteiger partial charge in [-0.15, -0.1) is 0 Å². The molecule has 0 aromatic heterocycles. The maximum atomic E-state index is 11.5. The molecule has 3 N–H and O–H groups in total. The molecule has 1 aliphatic heterocycles. The van der Waals surface area contributed by atoms with Gasteiger partial charge in [-0.1, -0.05) is 22.6 Å². The molecule has 1 heterocycles. The lowest BCUT2D eigenvalue weighted by molar-refractivity contribution is -0.192. The normalized spacial score (nSPS) is 13.7. The van der Waals surface area contributed by atoms with Gasteiger partial charge in [0.1, 0.15) is 0 Å². The Balaban J connectivity index is 2.03. The van der Waals surface area contributed by atoms with E-state index >= 15 is 0 Å². The molecule has 0 aliphatic carbocycles. The molecule has 0 aromatic rings. The minimum Gasteiger partial charge on any atom is -0.354 e. The summed E-state index contributed by atoms with van der Waals surface area (Å²) in [4.78, 5) is 49.9. The Morgan fingerprint density at radius 3 is 2.45 bits per heavy atom. The van der Waals surface area contributed by atoms with Crippen LogP contribution in [0.4, 0.5) is 4.79 Å². The van der Waals surface area contributed by atoms with E-state index in [4.69, 9.17) is 4.84 Å². The van der Waals surface area contributed by atoms with Crippen LogP contribution >= 0.6 is 22.6 Å². The summed E-state index contributed by atoms with van der Waals surface area (Å²) >= 11 is 1.94. The molecule has 9 nitrogen and oxygen atoms in total. The van der Waals surface area contributed by atoms with Gasteiger partial charge in [0.25, 0.3) is 5.91 Å². The van der Waals surface area contributed by atoms with Gasteiger partial charge in [-0.3, -0.25) is 9.59 Å². The maximum absolute atomic E-state index is 11.5. The lowest BCUT2D eigenvalue weighted by Gasteiger charge is -2.14. The van der Waals surface area contributed by atoms with Gasteiger partial charge in [0.15, 0.2) is 0 Å². The van der Waals surface area contributed by atoms with Crippen molar-refractivity contribution in [3.63, 3.8) is 0 Å². The van der Waals surface area contributed by atoms with Crippen molar-refractivity contribution in [3.05, 3.63) is 0 Å². The number of nitrogens with one attached hydrogen (secondary N) is 3. The van der Waals surface area contributed by atoms with Crippen LogP contribution in [0.1, 0.15) is 19.3 Å². The van der Waals surface area contributed by atoms with Crippen LogP contribution < -0.4 is 16.0 Å². The number of carbonyl (C=O) groups is 4. The monoisotopic (exact) mass is 426 g/mol. The number of hydrogen-bond donors (Lipinski definition) is 3. The molecule has 0 bridgehead atoms. The van der Waals surface area contributed by atoms with E-state index in [0.29, 0.717) is 36.9 Å². The molecule has 0 atom stereocenters. The van der Waals surface area contributed by atoms with E-state index < -0.39 is 12.0 Å². The van der Waals surface area contributed by atoms with Crippen molar-refractivity contribution >= 4 is 46.4 Å². The third kappa shape index (κ3) is 7.43. The summed E-state index contributed by atoms with van der Waals surface area (Å²) in [6, 6.07) is -0.436. The molecular formula is C12H19IN4O5. The Morgan fingerprint density at radius 1 is 1.14 bits per heavy atom. The summed E-state index contributed by atoms with van der Waals surface area (Å²) < 4.78 is 0.367. The first kappa shape index (κ1) is 18.5. The number of hydroxylamine groups is 2. The minimum absolute atomic E-state index is 0.0250. The average Bonchev–Trinajstić information content (AvgIpc) is 2.88. The number of halogens is 1. The second kappa shape index (κ2) is 10.2. The fourth-order valence-corrected chi connectivity index (χ4v) is 1.92. The highest BCUT2D eigenvalue weighted by Crippen LogP contribution is 2.10. The molecule has 124 valence electrons. The van der Waals surface area contributed by atoms with Crippen molar-refractivity contribution in [2.45, 2.75) is 19.3 Å². The topological polar surface area (TPSA) is 117 Å². The van der Waals surface area contributed by atoms with Gasteiger partial charge in [-0.05, 0) is 6.42 Å². The highest BCUT2D eigenvalue weighted by molar-refractivity contribution is 14.1. The van der Waals surface area contributed by atoms with E-state index in [-0.39, 0.29) is 24.8 Å². The van der Waals surface area contributed by atoms with E-state index in [0.717, 1.165) is 5.06 Å². The first-order valence-electron chi connectivity index (χ1n) is 6.88. The summed E-state index contributed by atoms with van der Waals surface area (Å²) in [5.41, 5.74) is 0. The first-order valence-corrected chi connectivity index (χ1v) is 8.41. The summed E-state index contributed by atoms with van der Waals surface area (Å²) in [5.74, 6) is -0.862. The molecule has 0 unspecified atom stereocenters. The zero-order valence-corrected chi connectivity index (χ0v) is 14.2. The highest BCUT2D eigenvalue weighted by Gasteiger charge is 2.23. The molecule has 0 spiro atoms. The average molecular weight is 426 g/mol.